The maximum atomic E-state index is 12.5. The smallest absolute Gasteiger partial charge is 0.341 e. The fourth-order valence-electron chi connectivity index (χ4n) is 1.52. The van der Waals surface area contributed by atoms with Gasteiger partial charge in [-0.2, -0.15) is 8.78 Å². The molecule has 12 heteroatoms. The van der Waals surface area contributed by atoms with Crippen molar-refractivity contribution in [1.82, 2.24) is 10.6 Å². The van der Waals surface area contributed by atoms with Gasteiger partial charge in [0.25, 0.3) is 0 Å². The number of rotatable bonds is 6. The van der Waals surface area contributed by atoms with Gasteiger partial charge in [0.1, 0.15) is 0 Å². The highest BCUT2D eigenvalue weighted by molar-refractivity contribution is 7.91. The molecule has 1 rings (SSSR count). The van der Waals surface area contributed by atoms with E-state index in [1.54, 1.807) is 5.32 Å². The molecule has 24 heavy (non-hydrogen) atoms. The third-order valence-electron chi connectivity index (χ3n) is 2.56. The van der Waals surface area contributed by atoms with Gasteiger partial charge in [-0.25, -0.2) is 18.0 Å². The van der Waals surface area contributed by atoms with Crippen LogP contribution < -0.4 is 21.7 Å². The molecule has 1 aromatic rings. The number of halogens is 2. The number of hydrogen-bond donors (Lipinski definition) is 4. The number of benzene rings is 1. The highest BCUT2D eigenvalue weighted by atomic mass is 32.2. The van der Waals surface area contributed by atoms with Crippen LogP contribution in [0.15, 0.2) is 29.2 Å². The lowest BCUT2D eigenvalue weighted by Gasteiger charge is -2.09. The molecular formula is C12H14F2N4O5S. The van der Waals surface area contributed by atoms with E-state index in [0.29, 0.717) is 0 Å². The van der Waals surface area contributed by atoms with Crippen LogP contribution in [0.2, 0.25) is 0 Å². The van der Waals surface area contributed by atoms with E-state index in [1.807, 2.05) is 0 Å². The quantitative estimate of drug-likeness (QED) is 0.576. The third-order valence-corrected chi connectivity index (χ3v) is 3.94. The summed E-state index contributed by atoms with van der Waals surface area (Å²) in [7, 11) is -4.78. The number of sulfone groups is 1. The number of alkyl halides is 2. The van der Waals surface area contributed by atoms with Crippen molar-refractivity contribution in [2.24, 2.45) is 5.73 Å². The van der Waals surface area contributed by atoms with E-state index in [4.69, 9.17) is 5.73 Å². The van der Waals surface area contributed by atoms with Crippen LogP contribution in [0.5, 0.6) is 0 Å². The third kappa shape index (κ3) is 5.79. The first-order valence-corrected chi connectivity index (χ1v) is 7.94. The van der Waals surface area contributed by atoms with Crippen LogP contribution in [0, 0.1) is 0 Å². The van der Waals surface area contributed by atoms with Crippen molar-refractivity contribution in [2.75, 3.05) is 11.9 Å². The molecule has 0 radical (unpaired) electrons. The number of carbonyl (C=O) groups excluding carboxylic acids is 3. The Morgan fingerprint density at radius 3 is 2.46 bits per heavy atom. The Balaban J connectivity index is 2.59. The molecule has 5 N–H and O–H groups in total. The Kier molecular flexibility index (Phi) is 6.58. The lowest BCUT2D eigenvalue weighted by atomic mass is 10.3. The summed E-state index contributed by atoms with van der Waals surface area (Å²) in [5.74, 6) is -4.28. The molecule has 0 spiro atoms. The second-order valence-electron chi connectivity index (χ2n) is 4.38. The SMILES string of the molecule is NC(=O)NC(=O)CCNC(=O)Nc1cccc(S(=O)(=O)C(F)F)c1. The molecule has 0 atom stereocenters. The molecule has 0 aliphatic rings. The largest absolute Gasteiger partial charge is 0.351 e. The number of urea groups is 2. The van der Waals surface area contributed by atoms with Gasteiger partial charge in [-0.15, -0.1) is 0 Å². The van der Waals surface area contributed by atoms with Crippen molar-refractivity contribution in [3.05, 3.63) is 24.3 Å². The maximum Gasteiger partial charge on any atom is 0.341 e. The Bertz CT molecular complexity index is 739. The summed E-state index contributed by atoms with van der Waals surface area (Å²) in [4.78, 5) is 32.4. The summed E-state index contributed by atoms with van der Waals surface area (Å²) >= 11 is 0. The second-order valence-corrected chi connectivity index (χ2v) is 6.29. The highest BCUT2D eigenvalue weighted by Gasteiger charge is 2.26. The molecule has 9 nitrogen and oxygen atoms in total. The predicted molar refractivity (Wildman–Crippen MR) is 79.0 cm³/mol. The first kappa shape index (κ1) is 19.3. The fraction of sp³-hybridized carbons (Fsp3) is 0.250. The van der Waals surface area contributed by atoms with Crippen LogP contribution in [0.4, 0.5) is 24.1 Å². The summed E-state index contributed by atoms with van der Waals surface area (Å²) < 4.78 is 47.6. The molecule has 0 heterocycles. The lowest BCUT2D eigenvalue weighted by Crippen LogP contribution is -2.38. The van der Waals surface area contributed by atoms with Crippen molar-refractivity contribution in [3.8, 4) is 0 Å². The molecule has 1 aromatic carbocycles. The number of nitrogens with one attached hydrogen (secondary N) is 3. The van der Waals surface area contributed by atoms with Gasteiger partial charge >= 0.3 is 17.8 Å². The maximum absolute atomic E-state index is 12.5. The molecular weight excluding hydrogens is 350 g/mol. The first-order valence-electron chi connectivity index (χ1n) is 6.39. The van der Waals surface area contributed by atoms with E-state index in [0.717, 1.165) is 12.1 Å². The fourth-order valence-corrected chi connectivity index (χ4v) is 2.28. The van der Waals surface area contributed by atoms with Crippen molar-refractivity contribution in [2.45, 2.75) is 17.1 Å². The van der Waals surface area contributed by atoms with Gasteiger partial charge in [0.05, 0.1) is 4.90 Å². The molecule has 0 saturated heterocycles. The van der Waals surface area contributed by atoms with Gasteiger partial charge in [-0.05, 0) is 18.2 Å². The average Bonchev–Trinajstić information content (AvgIpc) is 2.46. The van der Waals surface area contributed by atoms with Crippen molar-refractivity contribution < 1.29 is 31.6 Å². The zero-order valence-corrected chi connectivity index (χ0v) is 12.9. The highest BCUT2D eigenvalue weighted by Crippen LogP contribution is 2.21. The van der Waals surface area contributed by atoms with Crippen molar-refractivity contribution >= 4 is 33.5 Å². The van der Waals surface area contributed by atoms with E-state index in [9.17, 15) is 31.6 Å². The van der Waals surface area contributed by atoms with Crippen molar-refractivity contribution in [3.63, 3.8) is 0 Å². The average molecular weight is 364 g/mol. The minimum absolute atomic E-state index is 0.0317. The summed E-state index contributed by atoms with van der Waals surface area (Å²) in [6, 6.07) is 2.50. The van der Waals surface area contributed by atoms with Crippen LogP contribution in [0.1, 0.15) is 6.42 Å². The predicted octanol–water partition coefficient (Wildman–Crippen LogP) is 0.389. The topological polar surface area (TPSA) is 147 Å². The molecule has 132 valence electrons. The first-order chi connectivity index (χ1) is 11.1. The standard InChI is InChI=1S/C12H14F2N4O5S/c13-10(14)24(22,23)8-3-1-2-7(6-8)17-12(21)16-5-4-9(19)18-11(15)20/h1-3,6,10H,4-5H2,(H2,16,17,21)(H3,15,18,19,20). The Hall–Kier alpha value is -2.76. The number of carbonyl (C=O) groups is 3. The van der Waals surface area contributed by atoms with Crippen LogP contribution in [-0.2, 0) is 14.6 Å². The van der Waals surface area contributed by atoms with Gasteiger partial charge in [-0.1, -0.05) is 6.07 Å². The van der Waals surface area contributed by atoms with Gasteiger partial charge in [0.2, 0.25) is 15.7 Å². The van der Waals surface area contributed by atoms with Gasteiger partial charge in [0, 0.05) is 18.7 Å². The van der Waals surface area contributed by atoms with Crippen LogP contribution in [0.3, 0.4) is 0 Å². The molecule has 0 aliphatic carbocycles. The summed E-state index contributed by atoms with van der Waals surface area (Å²) in [6.07, 6.45) is -0.226. The zero-order chi connectivity index (χ0) is 18.3. The number of amides is 5. The van der Waals surface area contributed by atoms with E-state index < -0.39 is 38.5 Å². The number of hydrogen-bond acceptors (Lipinski definition) is 5. The molecule has 0 unspecified atom stereocenters. The Labute approximate surface area is 135 Å². The normalized spacial score (nSPS) is 11.0. The monoisotopic (exact) mass is 364 g/mol. The summed E-state index contributed by atoms with van der Waals surface area (Å²) in [5.41, 5.74) is 4.69. The molecule has 5 amide bonds. The lowest BCUT2D eigenvalue weighted by molar-refractivity contribution is -0.119. The molecule has 0 aromatic heterocycles. The number of primary amides is 1. The van der Waals surface area contributed by atoms with E-state index in [-0.39, 0.29) is 18.7 Å². The van der Waals surface area contributed by atoms with Gasteiger partial charge < -0.3 is 16.4 Å². The van der Waals surface area contributed by atoms with Gasteiger partial charge in [0.15, 0.2) is 0 Å². The van der Waals surface area contributed by atoms with Crippen LogP contribution in [0.25, 0.3) is 0 Å². The molecule has 0 bridgehead atoms. The molecule has 0 aliphatic heterocycles. The number of anilines is 1. The Morgan fingerprint density at radius 2 is 1.88 bits per heavy atom. The summed E-state index contributed by atoms with van der Waals surface area (Å²) in [5, 5.41) is 6.27. The van der Waals surface area contributed by atoms with Crippen LogP contribution >= 0.6 is 0 Å². The van der Waals surface area contributed by atoms with E-state index >= 15 is 0 Å². The minimum Gasteiger partial charge on any atom is -0.351 e. The second kappa shape index (κ2) is 8.19. The van der Waals surface area contributed by atoms with Crippen LogP contribution in [-0.4, -0.2) is 38.7 Å². The minimum atomic E-state index is -4.78. The summed E-state index contributed by atoms with van der Waals surface area (Å²) in [6.45, 7) is -0.139. The zero-order valence-electron chi connectivity index (χ0n) is 12.1. The number of imide groups is 1. The number of nitrogens with two attached hydrogens (primary N) is 1. The Morgan fingerprint density at radius 1 is 1.21 bits per heavy atom. The van der Waals surface area contributed by atoms with Gasteiger partial charge in [-0.3, -0.25) is 10.1 Å². The molecule has 0 saturated carbocycles. The van der Waals surface area contributed by atoms with E-state index in [1.165, 1.54) is 12.1 Å². The molecule has 0 fully saturated rings. The van der Waals surface area contributed by atoms with E-state index in [2.05, 4.69) is 10.6 Å². The van der Waals surface area contributed by atoms with Crippen molar-refractivity contribution in [1.29, 1.82) is 0 Å².